The normalized spacial score (nSPS) is 11.4. The minimum absolute atomic E-state index is 0.0403. The van der Waals surface area contributed by atoms with E-state index in [0.29, 0.717) is 68.8 Å². The number of carbonyl (C=O) groups is 6. The number of unbranched alkanes of at least 4 members (excludes halogenated alkanes) is 3. The first-order valence-corrected chi connectivity index (χ1v) is 26.3. The number of nitrogens with zero attached hydrogens (tertiary/aromatic N) is 8. The Bertz CT molecular complexity index is 3170. The standard InChI is InChI=1S/C56H64N16O8/c57-56-70-51-49(54(78)71-56)68-42(34-67-51)33-66-39-20-17-37(18-21-39)53(77)69-45(55(79)80)23-24-48(75)63-31-30-62-47(74)16-4-2-1-3-15-46(73)61-28-11-29-64-52(76)38-19-22-41(65-32-38)36-72(35-40-12-5-8-25-58-40)50(43-13-6-9-26-59-43)44-14-7-10-27-60-44/h5-10,12-14,17-22,25-27,32,34,45,50,66H,1-4,11,15-16,23-24,28-31,33,35-36H2,(H,61,73)(H,62,74)(H,63,75)(H,64,76)(H,69,77)(H,79,80)(H3,57,67,70,71,78)/t45-/m0/s1. The molecule has 7 rings (SSSR count). The van der Waals surface area contributed by atoms with Gasteiger partial charge in [0, 0.05) is 94.6 Å². The number of nitrogens with one attached hydrogen (secondary N) is 7. The molecule has 6 aromatic heterocycles. The first kappa shape index (κ1) is 58.1. The van der Waals surface area contributed by atoms with Crippen molar-refractivity contribution in [3.8, 4) is 0 Å². The lowest BCUT2D eigenvalue weighted by atomic mass is 10.1. The second-order valence-electron chi connectivity index (χ2n) is 18.6. The highest BCUT2D eigenvalue weighted by Gasteiger charge is 2.27. The van der Waals surface area contributed by atoms with E-state index in [4.69, 9.17) is 5.73 Å². The molecule has 24 heteroatoms. The fourth-order valence-corrected chi connectivity index (χ4v) is 8.38. The van der Waals surface area contributed by atoms with Crippen LogP contribution in [0.2, 0.25) is 0 Å². The summed E-state index contributed by atoms with van der Waals surface area (Å²) < 4.78 is 0. The van der Waals surface area contributed by atoms with Crippen LogP contribution < -0.4 is 43.2 Å². The van der Waals surface area contributed by atoms with Gasteiger partial charge in [0.25, 0.3) is 17.4 Å². The van der Waals surface area contributed by atoms with Crippen LogP contribution >= 0.6 is 0 Å². The molecular weight excluding hydrogens is 1020 g/mol. The van der Waals surface area contributed by atoms with Gasteiger partial charge in [0.2, 0.25) is 23.7 Å². The number of nitrogens with two attached hydrogens (primary N) is 1. The number of carboxylic acid groups (broad SMARTS) is 1. The number of amides is 5. The number of nitrogen functional groups attached to an aromatic ring is 1. The zero-order valence-electron chi connectivity index (χ0n) is 44.0. The second kappa shape index (κ2) is 30.4. The topological polar surface area (TPSA) is 347 Å². The Kier molecular flexibility index (Phi) is 22.1. The number of hydrogen-bond donors (Lipinski definition) is 9. The lowest BCUT2D eigenvalue weighted by Crippen LogP contribution is -2.42. The van der Waals surface area contributed by atoms with Crippen LogP contribution in [-0.2, 0) is 38.8 Å². The molecule has 0 saturated carbocycles. The van der Waals surface area contributed by atoms with Crippen molar-refractivity contribution in [2.24, 2.45) is 0 Å². The molecule has 24 nitrogen and oxygen atoms in total. The summed E-state index contributed by atoms with van der Waals surface area (Å²) in [5.74, 6) is -2.97. The molecule has 10 N–H and O–H groups in total. The Labute approximate surface area is 460 Å². The molecule has 0 fully saturated rings. The number of pyridine rings is 4. The van der Waals surface area contributed by atoms with Crippen LogP contribution in [-0.4, -0.2) is 118 Å². The highest BCUT2D eigenvalue weighted by atomic mass is 16.4. The number of aliphatic carboxylic acids is 1. The van der Waals surface area contributed by atoms with Gasteiger partial charge in [-0.25, -0.2) is 14.8 Å². The molecule has 0 aliphatic rings. The van der Waals surface area contributed by atoms with Crippen LogP contribution in [0.4, 0.5) is 11.6 Å². The van der Waals surface area contributed by atoms with Gasteiger partial charge in [-0.3, -0.25) is 58.6 Å². The van der Waals surface area contributed by atoms with E-state index in [1.807, 2.05) is 60.7 Å². The summed E-state index contributed by atoms with van der Waals surface area (Å²) in [5.41, 5.74) is 10.2. The average molecular weight is 1090 g/mol. The fourth-order valence-electron chi connectivity index (χ4n) is 8.38. The Hall–Kier alpha value is -9.58. The van der Waals surface area contributed by atoms with Crippen LogP contribution in [0.1, 0.15) is 113 Å². The third-order valence-corrected chi connectivity index (χ3v) is 12.5. The van der Waals surface area contributed by atoms with Crippen molar-refractivity contribution < 1.29 is 33.9 Å². The minimum Gasteiger partial charge on any atom is -0.480 e. The molecule has 0 saturated heterocycles. The molecule has 1 aromatic carbocycles. The molecule has 0 unspecified atom stereocenters. The van der Waals surface area contributed by atoms with Gasteiger partial charge < -0.3 is 42.7 Å². The molecule has 5 amide bonds. The van der Waals surface area contributed by atoms with Gasteiger partial charge >= 0.3 is 5.97 Å². The maximum Gasteiger partial charge on any atom is 0.326 e. The van der Waals surface area contributed by atoms with Crippen LogP contribution in [0.15, 0.2) is 127 Å². The second-order valence-corrected chi connectivity index (χ2v) is 18.6. The Morgan fingerprint density at radius 2 is 1.18 bits per heavy atom. The number of hydrogen-bond acceptors (Lipinski definition) is 17. The van der Waals surface area contributed by atoms with E-state index in [0.717, 1.165) is 35.6 Å². The van der Waals surface area contributed by atoms with Gasteiger partial charge in [0.05, 0.1) is 52.8 Å². The summed E-state index contributed by atoms with van der Waals surface area (Å²) in [5, 5.41) is 26.5. The quantitative estimate of drug-likeness (QED) is 0.0279. The highest BCUT2D eigenvalue weighted by Crippen LogP contribution is 2.29. The molecule has 6 heterocycles. The van der Waals surface area contributed by atoms with Crippen LogP contribution in [0, 0.1) is 0 Å². The SMILES string of the molecule is Nc1nc2ncc(CNc3ccc(C(=O)N[C@@H](CCC(=O)NCCNC(=O)CCCCCCC(=O)NCCCNC(=O)c4ccc(CN(Cc5ccccn5)C(c5ccccn5)c5ccccn5)nc4)C(=O)O)cc3)nc2c(=O)[nH]1. The zero-order valence-corrected chi connectivity index (χ0v) is 44.0. The van der Waals surface area contributed by atoms with Gasteiger partial charge in [-0.05, 0) is 98.5 Å². The van der Waals surface area contributed by atoms with Crippen molar-refractivity contribution in [3.63, 3.8) is 0 Å². The van der Waals surface area contributed by atoms with E-state index in [9.17, 15) is 38.7 Å². The third kappa shape index (κ3) is 18.6. The first-order chi connectivity index (χ1) is 38.9. The summed E-state index contributed by atoms with van der Waals surface area (Å²) in [6.07, 6.45) is 12.0. The van der Waals surface area contributed by atoms with Crippen molar-refractivity contribution in [1.82, 2.24) is 71.4 Å². The Morgan fingerprint density at radius 3 is 1.77 bits per heavy atom. The van der Waals surface area contributed by atoms with Gasteiger partial charge in [-0.2, -0.15) is 4.98 Å². The highest BCUT2D eigenvalue weighted by molar-refractivity contribution is 5.97. The minimum atomic E-state index is -1.33. The third-order valence-electron chi connectivity index (χ3n) is 12.5. The molecule has 7 aromatic rings. The van der Waals surface area contributed by atoms with Crippen molar-refractivity contribution in [2.45, 2.75) is 89.5 Å². The number of H-pyrrole nitrogens is 1. The Morgan fingerprint density at radius 1 is 0.575 bits per heavy atom. The van der Waals surface area contributed by atoms with Crippen molar-refractivity contribution in [2.75, 3.05) is 37.2 Å². The smallest absolute Gasteiger partial charge is 0.326 e. The predicted molar refractivity (Wildman–Crippen MR) is 296 cm³/mol. The summed E-state index contributed by atoms with van der Waals surface area (Å²) in [7, 11) is 0. The summed E-state index contributed by atoms with van der Waals surface area (Å²) >= 11 is 0. The number of rotatable bonds is 31. The van der Waals surface area contributed by atoms with Crippen LogP contribution in [0.3, 0.4) is 0 Å². The first-order valence-electron chi connectivity index (χ1n) is 26.3. The molecule has 0 aliphatic carbocycles. The number of benzene rings is 1. The summed E-state index contributed by atoms with van der Waals surface area (Å²) in [6, 6.07) is 25.6. The average Bonchev–Trinajstić information content (AvgIpc) is 3.48. The van der Waals surface area contributed by atoms with Crippen molar-refractivity contribution >= 4 is 58.3 Å². The van der Waals surface area contributed by atoms with Gasteiger partial charge in [0.1, 0.15) is 6.04 Å². The maximum absolute atomic E-state index is 13.0. The maximum atomic E-state index is 13.0. The van der Waals surface area contributed by atoms with E-state index in [1.54, 1.807) is 43.0 Å². The number of carboxylic acids is 1. The van der Waals surface area contributed by atoms with Crippen LogP contribution in [0.25, 0.3) is 11.2 Å². The number of carbonyl (C=O) groups excluding carboxylic acids is 5. The van der Waals surface area contributed by atoms with E-state index in [1.165, 1.54) is 18.3 Å². The fraction of sp³-hybridized carbons (Fsp3) is 0.321. The van der Waals surface area contributed by atoms with E-state index in [2.05, 4.69) is 76.7 Å². The monoisotopic (exact) mass is 1090 g/mol. The lowest BCUT2D eigenvalue weighted by molar-refractivity contribution is -0.139. The molecule has 0 radical (unpaired) electrons. The predicted octanol–water partition coefficient (Wildman–Crippen LogP) is 3.75. The van der Waals surface area contributed by atoms with Gasteiger partial charge in [-0.15, -0.1) is 0 Å². The Balaban J connectivity index is 0.699. The van der Waals surface area contributed by atoms with Gasteiger partial charge in [0.15, 0.2) is 11.2 Å². The molecular formula is C56H64N16O8. The molecule has 1 atom stereocenters. The molecule has 0 spiro atoms. The van der Waals surface area contributed by atoms with Crippen molar-refractivity contribution in [3.05, 3.63) is 172 Å². The van der Waals surface area contributed by atoms with E-state index in [-0.39, 0.29) is 85.3 Å². The number of aromatic amines is 1. The van der Waals surface area contributed by atoms with Crippen LogP contribution in [0.5, 0.6) is 0 Å². The largest absolute Gasteiger partial charge is 0.480 e. The summed E-state index contributed by atoms with van der Waals surface area (Å²) in [4.78, 5) is 123. The summed E-state index contributed by atoms with van der Waals surface area (Å²) in [6.45, 7) is 2.23. The van der Waals surface area contributed by atoms with Gasteiger partial charge in [-0.1, -0.05) is 31.0 Å². The molecule has 416 valence electrons. The lowest BCUT2D eigenvalue weighted by Gasteiger charge is -2.30. The molecule has 80 heavy (non-hydrogen) atoms. The zero-order chi connectivity index (χ0) is 56.5. The molecule has 0 aliphatic heterocycles. The molecule has 0 bridgehead atoms. The number of anilines is 2. The van der Waals surface area contributed by atoms with Crippen molar-refractivity contribution in [1.29, 1.82) is 0 Å². The van der Waals surface area contributed by atoms with E-state index >= 15 is 0 Å². The number of fused-ring (bicyclic) bond motifs is 1. The van der Waals surface area contributed by atoms with E-state index < -0.39 is 29.4 Å². The number of aromatic nitrogens is 8.